The molecule has 1 aliphatic rings. The average molecular weight is 411 g/mol. The Hall–Kier alpha value is -1.63. The number of rotatable bonds is 3. The Morgan fingerprint density at radius 2 is 1.82 bits per heavy atom. The van der Waals surface area contributed by atoms with Crippen molar-refractivity contribution in [3.63, 3.8) is 0 Å². The Morgan fingerprint density at radius 1 is 1.14 bits per heavy atom. The van der Waals surface area contributed by atoms with Crippen LogP contribution in [0.1, 0.15) is 17.2 Å². The van der Waals surface area contributed by atoms with Gasteiger partial charge in [-0.25, -0.2) is 4.39 Å². The Morgan fingerprint density at radius 3 is 2.50 bits per heavy atom. The number of nitrogens with one attached hydrogen (secondary N) is 1. The van der Waals surface area contributed by atoms with Gasteiger partial charge in [0.2, 0.25) is 0 Å². The lowest BCUT2D eigenvalue weighted by molar-refractivity contribution is 0.405. The molecule has 22 heavy (non-hydrogen) atoms. The first-order valence-electron chi connectivity index (χ1n) is 7.04. The molecule has 0 fully saturated rings. The molecule has 116 valence electrons. The van der Waals surface area contributed by atoms with E-state index in [2.05, 4.69) is 27.3 Å². The molecule has 1 heterocycles. The number of nitrogens with zero attached hydrogens (tertiary/aromatic N) is 2. The van der Waals surface area contributed by atoms with Crippen molar-refractivity contribution in [2.45, 2.75) is 12.6 Å². The standard InChI is InChI=1S/C17H18FN3.HI/c1-21-16(14-7-9-15(18)10-8-14)12-20-17(21)19-11-13-5-3-2-4-6-13;/h2-10,16H,11-12H2,1H3,(H,19,20);1H. The fourth-order valence-corrected chi connectivity index (χ4v) is 2.53. The predicted molar refractivity (Wildman–Crippen MR) is 97.9 cm³/mol. The maximum atomic E-state index is 13.0. The van der Waals surface area contributed by atoms with Gasteiger partial charge in [0.25, 0.3) is 0 Å². The fraction of sp³-hybridized carbons (Fsp3) is 0.235. The van der Waals surface area contributed by atoms with E-state index in [0.29, 0.717) is 6.54 Å². The fourth-order valence-electron chi connectivity index (χ4n) is 2.53. The first kappa shape index (κ1) is 16.7. The summed E-state index contributed by atoms with van der Waals surface area (Å²) in [6, 6.07) is 17.0. The highest BCUT2D eigenvalue weighted by molar-refractivity contribution is 14.0. The Balaban J connectivity index is 0.00000176. The molecule has 2 aromatic carbocycles. The molecule has 3 nitrogen and oxygen atoms in total. The quantitative estimate of drug-likeness (QED) is 0.783. The minimum Gasteiger partial charge on any atom is -0.352 e. The van der Waals surface area contributed by atoms with Crippen molar-refractivity contribution in [3.05, 3.63) is 71.5 Å². The number of hydrogen-bond donors (Lipinski definition) is 1. The summed E-state index contributed by atoms with van der Waals surface area (Å²) in [4.78, 5) is 6.66. The molecule has 2 aromatic rings. The zero-order valence-electron chi connectivity index (χ0n) is 12.4. The SMILES string of the molecule is CN1C(NCc2ccccc2)=NCC1c1ccc(F)cc1.I. The van der Waals surface area contributed by atoms with E-state index in [1.54, 1.807) is 0 Å². The molecule has 0 amide bonds. The van der Waals surface area contributed by atoms with Crippen molar-refractivity contribution in [2.75, 3.05) is 13.6 Å². The highest BCUT2D eigenvalue weighted by Gasteiger charge is 2.25. The van der Waals surface area contributed by atoms with Crippen molar-refractivity contribution in [3.8, 4) is 0 Å². The van der Waals surface area contributed by atoms with Crippen LogP contribution < -0.4 is 5.32 Å². The number of halogens is 2. The van der Waals surface area contributed by atoms with Gasteiger partial charge in [-0.2, -0.15) is 0 Å². The summed E-state index contributed by atoms with van der Waals surface area (Å²) in [7, 11) is 2.01. The van der Waals surface area contributed by atoms with Gasteiger partial charge in [-0.15, -0.1) is 24.0 Å². The van der Waals surface area contributed by atoms with Gasteiger partial charge in [0.05, 0.1) is 12.6 Å². The lowest BCUT2D eigenvalue weighted by Gasteiger charge is -2.24. The van der Waals surface area contributed by atoms with Gasteiger partial charge in [0.1, 0.15) is 5.82 Å². The smallest absolute Gasteiger partial charge is 0.194 e. The molecule has 3 rings (SSSR count). The third-order valence-corrected chi connectivity index (χ3v) is 3.76. The van der Waals surface area contributed by atoms with E-state index in [1.807, 2.05) is 37.4 Å². The zero-order valence-corrected chi connectivity index (χ0v) is 14.7. The van der Waals surface area contributed by atoms with Crippen LogP contribution in [0.15, 0.2) is 59.6 Å². The van der Waals surface area contributed by atoms with E-state index in [0.717, 1.165) is 18.1 Å². The van der Waals surface area contributed by atoms with Gasteiger partial charge < -0.3 is 10.2 Å². The number of aliphatic imine (C=N–C) groups is 1. The lowest BCUT2D eigenvalue weighted by atomic mass is 10.1. The number of benzene rings is 2. The molecule has 5 heteroatoms. The largest absolute Gasteiger partial charge is 0.352 e. The Labute approximate surface area is 147 Å². The molecule has 0 spiro atoms. The molecule has 0 saturated heterocycles. The number of likely N-dealkylation sites (N-methyl/N-ethyl adjacent to an activating group) is 1. The normalized spacial score (nSPS) is 16.9. The maximum absolute atomic E-state index is 13.0. The highest BCUT2D eigenvalue weighted by atomic mass is 127. The van der Waals surface area contributed by atoms with E-state index in [1.165, 1.54) is 17.7 Å². The van der Waals surface area contributed by atoms with Crippen LogP contribution >= 0.6 is 24.0 Å². The van der Waals surface area contributed by atoms with Crippen LogP contribution in [0.3, 0.4) is 0 Å². The van der Waals surface area contributed by atoms with E-state index < -0.39 is 0 Å². The Kier molecular flexibility index (Phi) is 5.76. The van der Waals surface area contributed by atoms with Crippen molar-refractivity contribution in [2.24, 2.45) is 4.99 Å². The molecule has 0 aromatic heterocycles. The average Bonchev–Trinajstić information content (AvgIpc) is 2.88. The van der Waals surface area contributed by atoms with Crippen LogP contribution in [0.25, 0.3) is 0 Å². The third-order valence-electron chi connectivity index (χ3n) is 3.76. The second kappa shape index (κ2) is 7.58. The monoisotopic (exact) mass is 411 g/mol. The molecule has 1 atom stereocenters. The summed E-state index contributed by atoms with van der Waals surface area (Å²) in [5.41, 5.74) is 2.30. The summed E-state index contributed by atoms with van der Waals surface area (Å²) in [5, 5.41) is 3.36. The molecule has 0 bridgehead atoms. The van der Waals surface area contributed by atoms with Gasteiger partial charge in [-0.1, -0.05) is 42.5 Å². The van der Waals surface area contributed by atoms with Gasteiger partial charge in [0.15, 0.2) is 5.96 Å². The summed E-state index contributed by atoms with van der Waals surface area (Å²) in [5.74, 6) is 0.677. The van der Waals surface area contributed by atoms with E-state index in [-0.39, 0.29) is 35.8 Å². The van der Waals surface area contributed by atoms with E-state index in [4.69, 9.17) is 0 Å². The van der Waals surface area contributed by atoms with Crippen LogP contribution in [0.5, 0.6) is 0 Å². The second-order valence-electron chi connectivity index (χ2n) is 5.18. The molecular weight excluding hydrogens is 392 g/mol. The van der Waals surface area contributed by atoms with Gasteiger partial charge >= 0.3 is 0 Å². The van der Waals surface area contributed by atoms with Crippen LogP contribution in [-0.2, 0) is 6.54 Å². The number of hydrogen-bond acceptors (Lipinski definition) is 3. The summed E-state index contributed by atoms with van der Waals surface area (Å²) < 4.78 is 13.0. The van der Waals surface area contributed by atoms with Crippen LogP contribution in [0.2, 0.25) is 0 Å². The summed E-state index contributed by atoms with van der Waals surface area (Å²) in [6.07, 6.45) is 0. The van der Waals surface area contributed by atoms with Crippen LogP contribution in [0.4, 0.5) is 4.39 Å². The molecule has 1 unspecified atom stereocenters. The first-order valence-corrected chi connectivity index (χ1v) is 7.04. The van der Waals surface area contributed by atoms with Crippen molar-refractivity contribution in [1.29, 1.82) is 0 Å². The van der Waals surface area contributed by atoms with Crippen LogP contribution in [0, 0.1) is 5.82 Å². The van der Waals surface area contributed by atoms with Crippen molar-refractivity contribution in [1.82, 2.24) is 10.2 Å². The minimum absolute atomic E-state index is 0. The first-order chi connectivity index (χ1) is 10.2. The van der Waals surface area contributed by atoms with Gasteiger partial charge in [-0.05, 0) is 23.3 Å². The molecule has 0 radical (unpaired) electrons. The molecule has 0 aliphatic carbocycles. The second-order valence-corrected chi connectivity index (χ2v) is 5.18. The van der Waals surface area contributed by atoms with Crippen molar-refractivity contribution < 1.29 is 4.39 Å². The molecule has 1 aliphatic heterocycles. The zero-order chi connectivity index (χ0) is 14.7. The molecular formula is C17H19FIN3. The van der Waals surface area contributed by atoms with Crippen LogP contribution in [-0.4, -0.2) is 24.5 Å². The minimum atomic E-state index is -0.206. The third kappa shape index (κ3) is 3.76. The molecule has 0 saturated carbocycles. The Bertz CT molecular complexity index is 628. The lowest BCUT2D eigenvalue weighted by Crippen LogP contribution is -2.36. The number of guanidine groups is 1. The maximum Gasteiger partial charge on any atom is 0.194 e. The van der Waals surface area contributed by atoms with Gasteiger partial charge in [0, 0.05) is 13.6 Å². The topological polar surface area (TPSA) is 27.6 Å². The summed E-state index contributed by atoms with van der Waals surface area (Å²) in [6.45, 7) is 1.44. The van der Waals surface area contributed by atoms with E-state index >= 15 is 0 Å². The van der Waals surface area contributed by atoms with Gasteiger partial charge in [-0.3, -0.25) is 4.99 Å². The molecule has 1 N–H and O–H groups in total. The predicted octanol–water partition coefficient (Wildman–Crippen LogP) is 3.58. The summed E-state index contributed by atoms with van der Waals surface area (Å²) >= 11 is 0. The van der Waals surface area contributed by atoms with E-state index in [9.17, 15) is 4.39 Å². The van der Waals surface area contributed by atoms with Crippen molar-refractivity contribution >= 4 is 29.9 Å². The highest BCUT2D eigenvalue weighted by Crippen LogP contribution is 2.24.